The van der Waals surface area contributed by atoms with Gasteiger partial charge in [0.05, 0.1) is 14.2 Å². The number of rotatable bonds is 3. The number of nitrogens with zero attached hydrogens (tertiary/aromatic N) is 2. The fraction of sp³-hybridized carbons (Fsp3) is 0.407. The van der Waals surface area contributed by atoms with Gasteiger partial charge in [0.15, 0.2) is 0 Å². The van der Waals surface area contributed by atoms with Crippen molar-refractivity contribution >= 4 is 53.7 Å². The van der Waals surface area contributed by atoms with Gasteiger partial charge in [0.1, 0.15) is 22.6 Å². The third-order valence-electron chi connectivity index (χ3n) is 3.83. The quantitative estimate of drug-likeness (QED) is 0.197. The molecule has 2 aromatic heterocycles. The van der Waals surface area contributed by atoms with Crippen LogP contribution in [-0.4, -0.2) is 66.2 Å². The molecule has 236 valence electrons. The Morgan fingerprint density at radius 3 is 1.47 bits per heavy atom. The van der Waals surface area contributed by atoms with Crippen LogP contribution in [0.15, 0.2) is 42.2 Å². The first-order valence-corrected chi connectivity index (χ1v) is 12.2. The fourth-order valence-corrected chi connectivity index (χ4v) is 2.89. The average molecular weight is 705 g/mol. The number of ether oxygens (including phenoxy) is 4. The molecule has 2 aromatic rings. The molecule has 0 aliphatic rings. The molecule has 0 N–H and O–H groups in total. The molecule has 0 amide bonds. The van der Waals surface area contributed by atoms with Crippen molar-refractivity contribution < 1.29 is 102 Å². The van der Waals surface area contributed by atoms with Gasteiger partial charge >= 0.3 is 83.1 Å². The van der Waals surface area contributed by atoms with Crippen molar-refractivity contribution in [3.05, 3.63) is 65.7 Å². The van der Waals surface area contributed by atoms with Crippen molar-refractivity contribution in [2.75, 3.05) is 14.2 Å². The molecule has 0 spiro atoms. The zero-order valence-corrected chi connectivity index (χ0v) is 29.8. The van der Waals surface area contributed by atoms with Gasteiger partial charge in [-0.3, -0.25) is 19.5 Å². The Morgan fingerprint density at radius 2 is 1.16 bits per heavy atom. The number of esters is 2. The van der Waals surface area contributed by atoms with Gasteiger partial charge in [-0.25, -0.2) is 28.3 Å². The van der Waals surface area contributed by atoms with Gasteiger partial charge < -0.3 is 25.5 Å². The van der Waals surface area contributed by atoms with Gasteiger partial charge in [0.25, 0.3) is 0 Å². The van der Waals surface area contributed by atoms with E-state index in [1.807, 2.05) is 0 Å². The van der Waals surface area contributed by atoms with Crippen molar-refractivity contribution in [1.29, 1.82) is 0 Å². The molecule has 16 heteroatoms. The van der Waals surface area contributed by atoms with Crippen LogP contribution in [0.4, 0.5) is 22.5 Å². The van der Waals surface area contributed by atoms with Gasteiger partial charge in [-0.05, 0) is 75.2 Å². The summed E-state index contributed by atoms with van der Waals surface area (Å²) in [5.41, 5.74) is -0.388. The van der Waals surface area contributed by atoms with Gasteiger partial charge in [0.2, 0.25) is 0 Å². The minimum atomic E-state index is -3.67. The van der Waals surface area contributed by atoms with E-state index in [-0.39, 0.29) is 70.2 Å². The number of halogens is 4. The van der Waals surface area contributed by atoms with E-state index in [0.717, 1.165) is 9.13 Å². The second-order valence-electron chi connectivity index (χ2n) is 9.34. The number of methoxy groups -OCH3 is 2. The number of carbonyl (C=O) groups is 4. The first-order chi connectivity index (χ1) is 18.8. The largest absolute Gasteiger partial charge is 1.00 e. The van der Waals surface area contributed by atoms with E-state index < -0.39 is 42.9 Å². The van der Waals surface area contributed by atoms with E-state index in [1.54, 1.807) is 41.5 Å². The van der Waals surface area contributed by atoms with Crippen LogP contribution in [0.3, 0.4) is 0 Å². The van der Waals surface area contributed by atoms with Crippen LogP contribution in [0.2, 0.25) is 0 Å². The van der Waals surface area contributed by atoms with Crippen molar-refractivity contribution in [3.63, 3.8) is 0 Å². The van der Waals surface area contributed by atoms with E-state index >= 15 is 0 Å². The van der Waals surface area contributed by atoms with Crippen molar-refractivity contribution in [2.24, 2.45) is 0 Å². The minimum absolute atomic E-state index is 0. The molecule has 0 radical (unpaired) electrons. The van der Waals surface area contributed by atoms with E-state index in [2.05, 4.69) is 45.1 Å². The molecule has 0 saturated carbocycles. The van der Waals surface area contributed by atoms with Crippen LogP contribution in [0.25, 0.3) is 6.08 Å². The summed E-state index contributed by atoms with van der Waals surface area (Å²) in [6.07, 6.45) is 3.22. The molecule has 0 atom stereocenters. The number of aromatic nitrogens is 2. The third kappa shape index (κ3) is 19.7. The van der Waals surface area contributed by atoms with Crippen LogP contribution in [0, 0.1) is 6.58 Å². The van der Waals surface area contributed by atoms with Crippen LogP contribution in [-0.2, 0) is 18.9 Å². The average Bonchev–Trinajstić information content (AvgIpc) is 3.46. The SMILES string of the molecule is C.C=Cc1cc(C(=O)OC)n(C(=O)OC(C)(C)C)c1.COC(=O)c1cc(Br)cn1C(=O)OC(C)(C)C.FB(F)F.[CH-]=C.[K+]. The van der Waals surface area contributed by atoms with Gasteiger partial charge in [-0.15, -0.1) is 0 Å². The molecular weight excluding hydrogens is 667 g/mol. The normalized spacial score (nSPS) is 9.67. The maximum Gasteiger partial charge on any atom is 1.00 e. The van der Waals surface area contributed by atoms with Crippen molar-refractivity contribution in [2.45, 2.75) is 60.2 Å². The Balaban J connectivity index is -0.000000288. The summed E-state index contributed by atoms with van der Waals surface area (Å²) in [4.78, 5) is 46.8. The number of carbonyl (C=O) groups excluding carboxylic acids is 4. The Labute approximate surface area is 302 Å². The van der Waals surface area contributed by atoms with E-state index in [0.29, 0.717) is 10.0 Å². The first kappa shape index (κ1) is 47.8. The van der Waals surface area contributed by atoms with Gasteiger partial charge in [0, 0.05) is 16.9 Å². The molecule has 0 aliphatic heterocycles. The number of hydrogen-bond acceptors (Lipinski definition) is 8. The predicted octanol–water partition coefficient (Wildman–Crippen LogP) is 4.65. The Hall–Kier alpha value is -2.11. The maximum absolute atomic E-state index is 11.9. The van der Waals surface area contributed by atoms with Crippen LogP contribution in [0.5, 0.6) is 0 Å². The zero-order valence-electron chi connectivity index (χ0n) is 25.1. The van der Waals surface area contributed by atoms with Crippen LogP contribution >= 0.6 is 15.9 Å². The van der Waals surface area contributed by atoms with Gasteiger partial charge in [-0.2, -0.15) is 0 Å². The topological polar surface area (TPSA) is 115 Å². The Morgan fingerprint density at radius 1 is 0.837 bits per heavy atom. The second kappa shape index (κ2) is 22.4. The molecule has 0 unspecified atom stereocenters. The molecule has 10 nitrogen and oxygen atoms in total. The number of hydrogen-bond donors (Lipinski definition) is 0. The Kier molecular flexibility index (Phi) is 24.9. The molecule has 0 bridgehead atoms. The van der Waals surface area contributed by atoms with E-state index in [1.165, 1.54) is 44.8 Å². The zero-order chi connectivity index (χ0) is 32.7. The van der Waals surface area contributed by atoms with E-state index in [4.69, 9.17) is 9.47 Å². The standard InChI is InChI=1S/C13H17NO4.C11H14BrNO4.C2H3.CH4.BF3.K/c1-6-9-7-10(11(15)17-5)14(8-9)12(16)18-13(2,3)4;1-11(2,3)17-10(15)13-6-7(12)5-8(13)9(14)16-4;1-2;;2-1(3)4;/h6-8H,1H2,2-5H3;5-6H,1-4H3;1H,2H2;1H4;;/q;;-1;;;+1. The smallest absolute Gasteiger partial charge is 0.521 e. The molecule has 2 rings (SSSR count). The summed E-state index contributed by atoms with van der Waals surface area (Å²) in [7, 11) is -1.16. The molecule has 0 aromatic carbocycles. The minimum Gasteiger partial charge on any atom is -0.521 e. The fourth-order valence-electron chi connectivity index (χ4n) is 2.47. The van der Waals surface area contributed by atoms with Crippen molar-refractivity contribution in [3.8, 4) is 0 Å². The van der Waals surface area contributed by atoms with Gasteiger partial charge in [-0.1, -0.05) is 20.1 Å². The van der Waals surface area contributed by atoms with Crippen molar-refractivity contribution in [1.82, 2.24) is 9.13 Å². The maximum atomic E-state index is 11.9. The second-order valence-corrected chi connectivity index (χ2v) is 10.3. The molecule has 0 fully saturated rings. The molecule has 2 heterocycles. The first-order valence-electron chi connectivity index (χ1n) is 11.4. The summed E-state index contributed by atoms with van der Waals surface area (Å²) in [6.45, 7) is 21.1. The van der Waals surface area contributed by atoms with E-state index in [9.17, 15) is 32.1 Å². The Bertz CT molecular complexity index is 1190. The monoisotopic (exact) mass is 704 g/mol. The summed E-state index contributed by atoms with van der Waals surface area (Å²) in [6, 6.07) is 3.01. The predicted molar refractivity (Wildman–Crippen MR) is 158 cm³/mol. The summed E-state index contributed by atoms with van der Waals surface area (Å²) < 4.78 is 51.4. The van der Waals surface area contributed by atoms with Crippen LogP contribution < -0.4 is 51.4 Å². The summed E-state index contributed by atoms with van der Waals surface area (Å²) in [5.74, 6) is -1.20. The molecule has 0 aliphatic carbocycles. The molecule has 43 heavy (non-hydrogen) atoms. The molecule has 0 saturated heterocycles. The summed E-state index contributed by atoms with van der Waals surface area (Å²) >= 11 is 3.19. The summed E-state index contributed by atoms with van der Waals surface area (Å²) in [5, 5.41) is 0. The third-order valence-corrected chi connectivity index (χ3v) is 4.27. The molecular formula is C27H38BBrF3KN2O8. The van der Waals surface area contributed by atoms with Crippen LogP contribution in [0.1, 0.15) is 75.5 Å².